The first kappa shape index (κ1) is 15.9. The largest absolute Gasteiger partial charge is 0.392 e. The Morgan fingerprint density at radius 1 is 1.48 bits per heavy atom. The highest BCUT2D eigenvalue weighted by atomic mass is 19.1. The first-order valence-electron chi connectivity index (χ1n) is 7.32. The van der Waals surface area contributed by atoms with E-state index in [0.29, 0.717) is 24.7 Å². The van der Waals surface area contributed by atoms with E-state index in [1.807, 2.05) is 0 Å². The number of β-amino-alcohol motifs (C(OH)–C–C–N with tert-alkyl or cyclic N) is 1. The summed E-state index contributed by atoms with van der Waals surface area (Å²) < 4.78 is 13.2. The van der Waals surface area contributed by atoms with Gasteiger partial charge in [-0.2, -0.15) is 5.26 Å². The molecule has 0 spiro atoms. The summed E-state index contributed by atoms with van der Waals surface area (Å²) in [6, 6.07) is 6.82. The van der Waals surface area contributed by atoms with Crippen molar-refractivity contribution in [3.05, 3.63) is 35.1 Å². The SMILES string of the molecule is C[C@@H](O)CN1CCN(Cc2ccc(F)cc2C#N)C[C@@H]1C. The highest BCUT2D eigenvalue weighted by Gasteiger charge is 2.24. The summed E-state index contributed by atoms with van der Waals surface area (Å²) in [5.41, 5.74) is 1.28. The van der Waals surface area contributed by atoms with Crippen LogP contribution in [0.4, 0.5) is 4.39 Å². The van der Waals surface area contributed by atoms with Crippen LogP contribution in [0.15, 0.2) is 18.2 Å². The van der Waals surface area contributed by atoms with Crippen molar-refractivity contribution in [2.24, 2.45) is 0 Å². The molecule has 1 saturated heterocycles. The van der Waals surface area contributed by atoms with Crippen molar-refractivity contribution in [2.45, 2.75) is 32.5 Å². The van der Waals surface area contributed by atoms with Gasteiger partial charge in [0.2, 0.25) is 0 Å². The molecule has 1 aliphatic heterocycles. The lowest BCUT2D eigenvalue weighted by atomic mass is 10.1. The molecule has 21 heavy (non-hydrogen) atoms. The summed E-state index contributed by atoms with van der Waals surface area (Å²) in [6.07, 6.45) is -0.318. The fourth-order valence-corrected chi connectivity index (χ4v) is 2.86. The van der Waals surface area contributed by atoms with Gasteiger partial charge in [-0.3, -0.25) is 9.80 Å². The molecular weight excluding hydrogens is 269 g/mol. The van der Waals surface area contributed by atoms with Gasteiger partial charge >= 0.3 is 0 Å². The molecular formula is C16H22FN3O. The molecule has 5 heteroatoms. The Bertz CT molecular complexity index is 527. The second-order valence-electron chi connectivity index (χ2n) is 5.84. The van der Waals surface area contributed by atoms with Gasteiger partial charge in [-0.15, -0.1) is 0 Å². The van der Waals surface area contributed by atoms with E-state index in [9.17, 15) is 9.50 Å². The van der Waals surface area contributed by atoms with E-state index in [2.05, 4.69) is 22.8 Å². The monoisotopic (exact) mass is 291 g/mol. The molecule has 1 aromatic rings. The Labute approximate surface area is 125 Å². The number of aliphatic hydroxyl groups is 1. The van der Waals surface area contributed by atoms with Crippen molar-refractivity contribution < 1.29 is 9.50 Å². The second-order valence-corrected chi connectivity index (χ2v) is 5.84. The first-order chi connectivity index (χ1) is 9.99. The number of hydrogen-bond donors (Lipinski definition) is 1. The van der Waals surface area contributed by atoms with Crippen LogP contribution < -0.4 is 0 Å². The van der Waals surface area contributed by atoms with Crippen molar-refractivity contribution >= 4 is 0 Å². The fourth-order valence-electron chi connectivity index (χ4n) is 2.86. The maximum absolute atomic E-state index is 13.2. The fraction of sp³-hybridized carbons (Fsp3) is 0.562. The molecule has 0 aromatic heterocycles. The zero-order valence-electron chi connectivity index (χ0n) is 12.6. The van der Waals surface area contributed by atoms with E-state index in [0.717, 1.165) is 25.2 Å². The molecule has 0 amide bonds. The number of nitrogens with zero attached hydrogens (tertiary/aromatic N) is 3. The van der Waals surface area contributed by atoms with Crippen LogP contribution >= 0.6 is 0 Å². The number of benzene rings is 1. The van der Waals surface area contributed by atoms with Gasteiger partial charge in [0.15, 0.2) is 0 Å². The zero-order chi connectivity index (χ0) is 15.4. The van der Waals surface area contributed by atoms with Crippen LogP contribution in [0.25, 0.3) is 0 Å². The minimum atomic E-state index is -0.370. The number of halogens is 1. The van der Waals surface area contributed by atoms with Crippen LogP contribution in [-0.2, 0) is 6.54 Å². The summed E-state index contributed by atoms with van der Waals surface area (Å²) in [4.78, 5) is 4.55. The molecule has 2 rings (SSSR count). The predicted octanol–water partition coefficient (Wildman–Crippen LogP) is 1.58. The smallest absolute Gasteiger partial charge is 0.124 e. The lowest BCUT2D eigenvalue weighted by molar-refractivity contribution is 0.0422. The Morgan fingerprint density at radius 2 is 2.24 bits per heavy atom. The molecule has 0 unspecified atom stereocenters. The third-order valence-electron chi connectivity index (χ3n) is 3.93. The van der Waals surface area contributed by atoms with Crippen LogP contribution in [-0.4, -0.2) is 53.2 Å². The van der Waals surface area contributed by atoms with Crippen LogP contribution in [0.5, 0.6) is 0 Å². The molecule has 1 aliphatic rings. The summed E-state index contributed by atoms with van der Waals surface area (Å²) in [5.74, 6) is -0.370. The van der Waals surface area contributed by atoms with E-state index in [-0.39, 0.29) is 11.9 Å². The molecule has 1 fully saturated rings. The van der Waals surface area contributed by atoms with Crippen LogP contribution in [0, 0.1) is 17.1 Å². The minimum absolute atomic E-state index is 0.318. The van der Waals surface area contributed by atoms with Crippen molar-refractivity contribution in [2.75, 3.05) is 26.2 Å². The second kappa shape index (κ2) is 6.99. The molecule has 114 valence electrons. The van der Waals surface area contributed by atoms with Gasteiger partial charge in [0, 0.05) is 38.8 Å². The summed E-state index contributed by atoms with van der Waals surface area (Å²) in [7, 11) is 0. The van der Waals surface area contributed by atoms with Gasteiger partial charge in [-0.25, -0.2) is 4.39 Å². The summed E-state index contributed by atoms with van der Waals surface area (Å²) >= 11 is 0. The van der Waals surface area contributed by atoms with Gasteiger partial charge in [-0.1, -0.05) is 6.07 Å². The van der Waals surface area contributed by atoms with Crippen molar-refractivity contribution in [3.8, 4) is 6.07 Å². The Kier molecular flexibility index (Phi) is 5.29. The van der Waals surface area contributed by atoms with Crippen molar-refractivity contribution in [3.63, 3.8) is 0 Å². The van der Waals surface area contributed by atoms with E-state index >= 15 is 0 Å². The molecule has 0 saturated carbocycles. The standard InChI is InChI=1S/C16H22FN3O/c1-12-9-19(5-6-20(12)10-13(2)21)11-14-3-4-16(17)7-15(14)8-18/h3-4,7,12-13,21H,5-6,9-11H2,1-2H3/t12-,13+/m0/s1. The molecule has 2 atom stereocenters. The quantitative estimate of drug-likeness (QED) is 0.915. The summed E-state index contributed by atoms with van der Waals surface area (Å²) in [5, 5.41) is 18.6. The number of rotatable bonds is 4. The van der Waals surface area contributed by atoms with Gasteiger partial charge < -0.3 is 5.11 Å². The Hall–Kier alpha value is -1.48. The molecule has 0 radical (unpaired) electrons. The minimum Gasteiger partial charge on any atom is -0.392 e. The highest BCUT2D eigenvalue weighted by molar-refractivity contribution is 5.37. The molecule has 1 heterocycles. The molecule has 1 N–H and O–H groups in total. The average molecular weight is 291 g/mol. The lowest BCUT2D eigenvalue weighted by Gasteiger charge is -2.40. The molecule has 0 bridgehead atoms. The molecule has 4 nitrogen and oxygen atoms in total. The number of nitriles is 1. The van der Waals surface area contributed by atoms with E-state index in [1.165, 1.54) is 12.1 Å². The van der Waals surface area contributed by atoms with E-state index in [4.69, 9.17) is 5.26 Å². The average Bonchev–Trinajstić information content (AvgIpc) is 2.43. The van der Waals surface area contributed by atoms with E-state index in [1.54, 1.807) is 13.0 Å². The van der Waals surface area contributed by atoms with Gasteiger partial charge in [0.05, 0.1) is 17.7 Å². The Balaban J connectivity index is 1.98. The highest BCUT2D eigenvalue weighted by Crippen LogP contribution is 2.17. The van der Waals surface area contributed by atoms with Crippen LogP contribution in [0.2, 0.25) is 0 Å². The zero-order valence-corrected chi connectivity index (χ0v) is 12.6. The van der Waals surface area contributed by atoms with Gasteiger partial charge in [0.25, 0.3) is 0 Å². The van der Waals surface area contributed by atoms with Crippen molar-refractivity contribution in [1.29, 1.82) is 5.26 Å². The topological polar surface area (TPSA) is 50.5 Å². The maximum Gasteiger partial charge on any atom is 0.124 e. The van der Waals surface area contributed by atoms with Crippen LogP contribution in [0.1, 0.15) is 25.0 Å². The maximum atomic E-state index is 13.2. The number of hydrogen-bond acceptors (Lipinski definition) is 4. The van der Waals surface area contributed by atoms with Gasteiger partial charge in [0.1, 0.15) is 5.82 Å². The van der Waals surface area contributed by atoms with Gasteiger partial charge in [-0.05, 0) is 31.5 Å². The lowest BCUT2D eigenvalue weighted by Crippen LogP contribution is -2.53. The molecule has 1 aromatic carbocycles. The normalized spacial score (nSPS) is 22.0. The number of aliphatic hydroxyl groups excluding tert-OH is 1. The number of piperazine rings is 1. The van der Waals surface area contributed by atoms with E-state index < -0.39 is 0 Å². The third kappa shape index (κ3) is 4.24. The van der Waals surface area contributed by atoms with Crippen molar-refractivity contribution in [1.82, 2.24) is 9.80 Å². The molecule has 0 aliphatic carbocycles. The Morgan fingerprint density at radius 3 is 2.86 bits per heavy atom. The van der Waals surface area contributed by atoms with Crippen LogP contribution in [0.3, 0.4) is 0 Å². The third-order valence-corrected chi connectivity index (χ3v) is 3.93. The predicted molar refractivity (Wildman–Crippen MR) is 79.1 cm³/mol. The first-order valence-corrected chi connectivity index (χ1v) is 7.32. The summed E-state index contributed by atoms with van der Waals surface area (Å²) in [6.45, 7) is 7.97.